The van der Waals surface area contributed by atoms with Crippen LogP contribution in [0.25, 0.3) is 0 Å². The van der Waals surface area contributed by atoms with Gasteiger partial charge in [0.2, 0.25) is 0 Å². The molecule has 2 nitrogen and oxygen atoms in total. The molecule has 1 unspecified atom stereocenters. The Bertz CT molecular complexity index is 382. The number of hydrogen-bond donors (Lipinski definition) is 1. The average Bonchev–Trinajstić information content (AvgIpc) is 2.52. The normalized spacial score (nSPS) is 18.3. The molecule has 1 aromatic rings. The fourth-order valence-electron chi connectivity index (χ4n) is 3.53. The lowest BCUT2D eigenvalue weighted by Crippen LogP contribution is -2.41. The van der Waals surface area contributed by atoms with E-state index < -0.39 is 0 Å². The van der Waals surface area contributed by atoms with Crippen molar-refractivity contribution < 1.29 is 0 Å². The molecular weight excluding hydrogens is 256 g/mol. The van der Waals surface area contributed by atoms with E-state index in [1.54, 1.807) is 0 Å². The van der Waals surface area contributed by atoms with Crippen molar-refractivity contribution in [3.8, 4) is 0 Å². The fraction of sp³-hybridized carbons (Fsp3) is 0.684. The van der Waals surface area contributed by atoms with Crippen LogP contribution in [0.4, 0.5) is 0 Å². The molecule has 1 fully saturated rings. The molecule has 1 saturated heterocycles. The maximum atomic E-state index is 3.48. The highest BCUT2D eigenvalue weighted by Gasteiger charge is 2.25. The first-order chi connectivity index (χ1) is 10.2. The summed E-state index contributed by atoms with van der Waals surface area (Å²) in [5.74, 6) is 0.858. The van der Waals surface area contributed by atoms with Gasteiger partial charge in [0.15, 0.2) is 0 Å². The zero-order chi connectivity index (χ0) is 15.1. The quantitative estimate of drug-likeness (QED) is 0.807. The highest BCUT2D eigenvalue weighted by atomic mass is 15.2. The summed E-state index contributed by atoms with van der Waals surface area (Å²) >= 11 is 0. The van der Waals surface area contributed by atoms with E-state index in [0.29, 0.717) is 12.1 Å². The maximum Gasteiger partial charge on any atom is 0.0350 e. The van der Waals surface area contributed by atoms with Gasteiger partial charge in [-0.05, 0) is 57.7 Å². The smallest absolute Gasteiger partial charge is 0.0350 e. The van der Waals surface area contributed by atoms with Crippen molar-refractivity contribution in [2.45, 2.75) is 58.5 Å². The van der Waals surface area contributed by atoms with Crippen LogP contribution in [0.2, 0.25) is 0 Å². The second-order valence-electron chi connectivity index (χ2n) is 6.70. The molecule has 0 bridgehead atoms. The molecule has 0 spiro atoms. The Morgan fingerprint density at radius 2 is 1.81 bits per heavy atom. The van der Waals surface area contributed by atoms with Gasteiger partial charge in [-0.1, -0.05) is 43.7 Å². The SMILES string of the molecule is CCCC(c1ccccc1)N(CC1CCNCC1)C(C)C. The van der Waals surface area contributed by atoms with Crippen LogP contribution in [0, 0.1) is 5.92 Å². The van der Waals surface area contributed by atoms with Gasteiger partial charge in [0.1, 0.15) is 0 Å². The molecule has 1 aromatic carbocycles. The molecule has 0 saturated carbocycles. The Morgan fingerprint density at radius 3 is 2.38 bits per heavy atom. The monoisotopic (exact) mass is 288 g/mol. The third kappa shape index (κ3) is 4.82. The zero-order valence-corrected chi connectivity index (χ0v) is 14.0. The molecule has 0 aliphatic carbocycles. The van der Waals surface area contributed by atoms with Crippen molar-refractivity contribution in [1.29, 1.82) is 0 Å². The summed E-state index contributed by atoms with van der Waals surface area (Å²) in [6.45, 7) is 10.7. The topological polar surface area (TPSA) is 15.3 Å². The number of rotatable bonds is 7. The van der Waals surface area contributed by atoms with Crippen molar-refractivity contribution >= 4 is 0 Å². The van der Waals surface area contributed by atoms with Gasteiger partial charge < -0.3 is 5.32 Å². The van der Waals surface area contributed by atoms with Crippen LogP contribution in [0.3, 0.4) is 0 Å². The largest absolute Gasteiger partial charge is 0.317 e. The van der Waals surface area contributed by atoms with E-state index in [1.807, 2.05) is 0 Å². The van der Waals surface area contributed by atoms with Crippen LogP contribution < -0.4 is 5.32 Å². The van der Waals surface area contributed by atoms with E-state index in [0.717, 1.165) is 5.92 Å². The molecule has 0 radical (unpaired) electrons. The molecule has 2 rings (SSSR count). The minimum atomic E-state index is 0.575. The molecule has 118 valence electrons. The summed E-state index contributed by atoms with van der Waals surface area (Å²) in [5.41, 5.74) is 1.49. The lowest BCUT2D eigenvalue weighted by molar-refractivity contribution is 0.109. The summed E-state index contributed by atoms with van der Waals surface area (Å²) in [5, 5.41) is 3.48. The molecule has 1 heterocycles. The predicted molar refractivity (Wildman–Crippen MR) is 91.5 cm³/mol. The second-order valence-corrected chi connectivity index (χ2v) is 6.70. The molecular formula is C19H32N2. The van der Waals surface area contributed by atoms with Crippen LogP contribution in [-0.4, -0.2) is 30.6 Å². The van der Waals surface area contributed by atoms with E-state index in [1.165, 1.54) is 50.9 Å². The van der Waals surface area contributed by atoms with E-state index >= 15 is 0 Å². The van der Waals surface area contributed by atoms with Gasteiger partial charge in [0.05, 0.1) is 0 Å². The fourth-order valence-corrected chi connectivity index (χ4v) is 3.53. The van der Waals surface area contributed by atoms with Gasteiger partial charge in [-0.25, -0.2) is 0 Å². The van der Waals surface area contributed by atoms with E-state index in [-0.39, 0.29) is 0 Å². The standard InChI is InChI=1S/C19H32N2/c1-4-8-19(18-9-6-5-7-10-18)21(16(2)3)15-17-11-13-20-14-12-17/h5-7,9-10,16-17,19-20H,4,8,11-15H2,1-3H3. The Labute approximate surface area is 130 Å². The third-order valence-corrected chi connectivity index (χ3v) is 4.74. The molecule has 1 atom stereocenters. The molecule has 0 amide bonds. The van der Waals surface area contributed by atoms with Crippen molar-refractivity contribution in [3.05, 3.63) is 35.9 Å². The molecule has 21 heavy (non-hydrogen) atoms. The van der Waals surface area contributed by atoms with Gasteiger partial charge >= 0.3 is 0 Å². The number of hydrogen-bond acceptors (Lipinski definition) is 2. The lowest BCUT2D eigenvalue weighted by atomic mass is 9.93. The summed E-state index contributed by atoms with van der Waals surface area (Å²) in [4.78, 5) is 2.74. The van der Waals surface area contributed by atoms with Gasteiger partial charge in [-0.3, -0.25) is 4.90 Å². The van der Waals surface area contributed by atoms with Crippen LogP contribution in [0.1, 0.15) is 58.1 Å². The second kappa shape index (κ2) is 8.55. The molecule has 0 aromatic heterocycles. The van der Waals surface area contributed by atoms with Gasteiger partial charge in [-0.2, -0.15) is 0 Å². The Morgan fingerprint density at radius 1 is 1.14 bits per heavy atom. The minimum absolute atomic E-state index is 0.575. The first-order valence-corrected chi connectivity index (χ1v) is 8.73. The lowest BCUT2D eigenvalue weighted by Gasteiger charge is -2.39. The maximum absolute atomic E-state index is 3.48. The minimum Gasteiger partial charge on any atom is -0.317 e. The number of nitrogens with one attached hydrogen (secondary N) is 1. The first kappa shape index (κ1) is 16.5. The van der Waals surface area contributed by atoms with Crippen molar-refractivity contribution in [3.63, 3.8) is 0 Å². The molecule has 1 N–H and O–H groups in total. The first-order valence-electron chi connectivity index (χ1n) is 8.73. The zero-order valence-electron chi connectivity index (χ0n) is 14.0. The number of nitrogens with zero attached hydrogens (tertiary/aromatic N) is 1. The molecule has 1 aliphatic heterocycles. The van der Waals surface area contributed by atoms with Crippen molar-refractivity contribution in [2.24, 2.45) is 5.92 Å². The van der Waals surface area contributed by atoms with Crippen molar-refractivity contribution in [2.75, 3.05) is 19.6 Å². The Kier molecular flexibility index (Phi) is 6.72. The highest BCUT2D eigenvalue weighted by Crippen LogP contribution is 2.29. The number of piperidine rings is 1. The molecule has 1 aliphatic rings. The Balaban J connectivity index is 2.12. The van der Waals surface area contributed by atoms with Crippen LogP contribution >= 0.6 is 0 Å². The summed E-state index contributed by atoms with van der Waals surface area (Å²) < 4.78 is 0. The van der Waals surface area contributed by atoms with Gasteiger partial charge in [-0.15, -0.1) is 0 Å². The van der Waals surface area contributed by atoms with Crippen LogP contribution in [0.15, 0.2) is 30.3 Å². The van der Waals surface area contributed by atoms with E-state index in [9.17, 15) is 0 Å². The average molecular weight is 288 g/mol. The number of benzene rings is 1. The van der Waals surface area contributed by atoms with Crippen LogP contribution in [0.5, 0.6) is 0 Å². The summed E-state index contributed by atoms with van der Waals surface area (Å²) in [6.07, 6.45) is 5.16. The van der Waals surface area contributed by atoms with Crippen LogP contribution in [-0.2, 0) is 0 Å². The Hall–Kier alpha value is -0.860. The van der Waals surface area contributed by atoms with Crippen molar-refractivity contribution in [1.82, 2.24) is 10.2 Å². The summed E-state index contributed by atoms with van der Waals surface area (Å²) in [7, 11) is 0. The summed E-state index contributed by atoms with van der Waals surface area (Å²) in [6, 6.07) is 12.3. The van der Waals surface area contributed by atoms with E-state index in [4.69, 9.17) is 0 Å². The van der Waals surface area contributed by atoms with Gasteiger partial charge in [0, 0.05) is 18.6 Å². The predicted octanol–water partition coefficient (Wildman–Crippen LogP) is 4.24. The molecule has 2 heteroatoms. The highest BCUT2D eigenvalue weighted by molar-refractivity contribution is 5.19. The van der Waals surface area contributed by atoms with E-state index in [2.05, 4.69) is 61.3 Å². The third-order valence-electron chi connectivity index (χ3n) is 4.74. The van der Waals surface area contributed by atoms with Gasteiger partial charge in [0.25, 0.3) is 0 Å².